The molecule has 2 N–H and O–H groups in total. The van der Waals surface area contributed by atoms with E-state index in [1.54, 1.807) is 0 Å². The molecule has 1 saturated carbocycles. The second-order valence-corrected chi connectivity index (χ2v) is 8.47. The molecule has 0 heterocycles. The maximum atomic E-state index is 12.3. The van der Waals surface area contributed by atoms with Gasteiger partial charge in [-0.15, -0.1) is 0 Å². The number of benzene rings is 2. The summed E-state index contributed by atoms with van der Waals surface area (Å²) in [5.41, 5.74) is 4.66. The van der Waals surface area contributed by atoms with Gasteiger partial charge in [-0.1, -0.05) is 48.5 Å². The number of nitrogens with zero attached hydrogens (tertiary/aromatic N) is 1. The van der Waals surface area contributed by atoms with Crippen LogP contribution in [0.2, 0.25) is 0 Å². The molecule has 0 unspecified atom stereocenters. The number of carbonyl (C=O) groups is 3. The molecule has 2 aromatic carbocycles. The summed E-state index contributed by atoms with van der Waals surface area (Å²) in [4.78, 5) is 36.9. The zero-order valence-electron chi connectivity index (χ0n) is 18.0. The highest BCUT2D eigenvalue weighted by atomic mass is 16.5. The first-order valence-electron chi connectivity index (χ1n) is 11.1. The Bertz CT molecular complexity index is 956. The number of rotatable bonds is 10. The average Bonchev–Trinajstić information content (AvgIpc) is 3.55. The minimum atomic E-state index is -1.00. The molecule has 2 amide bonds. The van der Waals surface area contributed by atoms with Crippen LogP contribution in [-0.4, -0.2) is 54.2 Å². The normalized spacial score (nSPS) is 14.4. The predicted molar refractivity (Wildman–Crippen MR) is 119 cm³/mol. The van der Waals surface area contributed by atoms with Crippen LogP contribution in [0.5, 0.6) is 0 Å². The quantitative estimate of drug-likeness (QED) is 0.555. The maximum Gasteiger partial charge on any atom is 0.407 e. The summed E-state index contributed by atoms with van der Waals surface area (Å²) in [6.45, 7) is 0.777. The highest BCUT2D eigenvalue weighted by Gasteiger charge is 2.29. The van der Waals surface area contributed by atoms with Crippen LogP contribution in [0.3, 0.4) is 0 Å². The van der Waals surface area contributed by atoms with E-state index in [-0.39, 0.29) is 31.4 Å². The number of fused-ring (bicyclic) bond motifs is 3. The molecule has 0 saturated heterocycles. The molecule has 2 aliphatic rings. The van der Waals surface area contributed by atoms with Gasteiger partial charge in [0.15, 0.2) is 0 Å². The summed E-state index contributed by atoms with van der Waals surface area (Å²) in [5, 5.41) is 11.7. The topological polar surface area (TPSA) is 95.9 Å². The Hall–Kier alpha value is -3.35. The lowest BCUT2D eigenvalue weighted by molar-refractivity contribution is -0.144. The second kappa shape index (κ2) is 9.85. The van der Waals surface area contributed by atoms with Crippen molar-refractivity contribution >= 4 is 18.0 Å². The van der Waals surface area contributed by atoms with Crippen molar-refractivity contribution in [2.75, 3.05) is 26.2 Å². The van der Waals surface area contributed by atoms with Gasteiger partial charge in [-0.2, -0.15) is 0 Å². The van der Waals surface area contributed by atoms with E-state index in [2.05, 4.69) is 29.6 Å². The Morgan fingerprint density at radius 3 is 2.22 bits per heavy atom. The molecule has 2 aromatic rings. The number of carbonyl (C=O) groups excluding carboxylic acids is 2. The van der Waals surface area contributed by atoms with Gasteiger partial charge in [0.25, 0.3) is 0 Å². The first-order chi connectivity index (χ1) is 15.5. The molecule has 7 nitrogen and oxygen atoms in total. The minimum absolute atomic E-state index is 0.00160. The summed E-state index contributed by atoms with van der Waals surface area (Å²) in [6, 6.07) is 16.3. The molecule has 4 rings (SSSR count). The molecule has 168 valence electrons. The highest BCUT2D eigenvalue weighted by molar-refractivity contribution is 5.81. The van der Waals surface area contributed by atoms with Crippen LogP contribution < -0.4 is 5.32 Å². The van der Waals surface area contributed by atoms with E-state index >= 15 is 0 Å². The minimum Gasteiger partial charge on any atom is -0.480 e. The van der Waals surface area contributed by atoms with Gasteiger partial charge in [-0.25, -0.2) is 4.79 Å². The third-order valence-corrected chi connectivity index (χ3v) is 6.03. The number of hydrogen-bond donors (Lipinski definition) is 2. The maximum absolute atomic E-state index is 12.3. The largest absolute Gasteiger partial charge is 0.480 e. The van der Waals surface area contributed by atoms with E-state index in [1.165, 1.54) is 16.0 Å². The first-order valence-corrected chi connectivity index (χ1v) is 11.1. The van der Waals surface area contributed by atoms with Crippen molar-refractivity contribution in [1.29, 1.82) is 0 Å². The van der Waals surface area contributed by atoms with Gasteiger partial charge in [0.1, 0.15) is 13.2 Å². The number of hydrogen-bond acceptors (Lipinski definition) is 4. The molecule has 0 bridgehead atoms. The predicted octanol–water partition coefficient (Wildman–Crippen LogP) is 3.63. The molecular weight excluding hydrogens is 408 g/mol. The number of carboxylic acids is 1. The van der Waals surface area contributed by atoms with E-state index in [9.17, 15) is 14.4 Å². The number of ether oxygens (including phenoxy) is 1. The molecular formula is C25H28N2O5. The van der Waals surface area contributed by atoms with Gasteiger partial charge in [0, 0.05) is 25.4 Å². The van der Waals surface area contributed by atoms with E-state index in [1.807, 2.05) is 24.3 Å². The zero-order chi connectivity index (χ0) is 22.5. The highest BCUT2D eigenvalue weighted by Crippen LogP contribution is 2.44. The van der Waals surface area contributed by atoms with Crippen LogP contribution in [0.1, 0.15) is 42.7 Å². The molecule has 32 heavy (non-hydrogen) atoms. The number of carboxylic acid groups (broad SMARTS) is 1. The van der Waals surface area contributed by atoms with Crippen LogP contribution in [0, 0.1) is 5.92 Å². The third kappa shape index (κ3) is 5.28. The smallest absolute Gasteiger partial charge is 0.407 e. The Labute approximate surface area is 187 Å². The van der Waals surface area contributed by atoms with Gasteiger partial charge >= 0.3 is 12.1 Å². The van der Waals surface area contributed by atoms with Crippen molar-refractivity contribution in [2.45, 2.75) is 31.6 Å². The van der Waals surface area contributed by atoms with Crippen LogP contribution in [0.25, 0.3) is 11.1 Å². The fourth-order valence-electron chi connectivity index (χ4n) is 4.27. The van der Waals surface area contributed by atoms with Crippen LogP contribution >= 0.6 is 0 Å². The number of amides is 2. The van der Waals surface area contributed by atoms with Crippen molar-refractivity contribution in [3.63, 3.8) is 0 Å². The SMILES string of the molecule is O=C(O)CN(CC1CC1)C(=O)CCCNC(=O)OCC1c2ccccc2-c2ccccc21. The van der Waals surface area contributed by atoms with E-state index < -0.39 is 12.1 Å². The van der Waals surface area contributed by atoms with E-state index in [0.717, 1.165) is 24.0 Å². The number of nitrogens with one attached hydrogen (secondary N) is 1. The lowest BCUT2D eigenvalue weighted by atomic mass is 9.98. The van der Waals surface area contributed by atoms with Crippen molar-refractivity contribution in [1.82, 2.24) is 10.2 Å². The first kappa shape index (κ1) is 21.9. The molecule has 0 spiro atoms. The van der Waals surface area contributed by atoms with Crippen molar-refractivity contribution in [3.05, 3.63) is 59.7 Å². The number of aliphatic carboxylic acids is 1. The lowest BCUT2D eigenvalue weighted by Gasteiger charge is -2.20. The molecule has 0 aromatic heterocycles. The van der Waals surface area contributed by atoms with Crippen LogP contribution in [-0.2, 0) is 14.3 Å². The summed E-state index contributed by atoms with van der Waals surface area (Å²) >= 11 is 0. The van der Waals surface area contributed by atoms with Gasteiger partial charge in [0.2, 0.25) is 5.91 Å². The lowest BCUT2D eigenvalue weighted by Crippen LogP contribution is -2.37. The molecule has 0 radical (unpaired) electrons. The Morgan fingerprint density at radius 1 is 1.00 bits per heavy atom. The summed E-state index contributed by atoms with van der Waals surface area (Å²) in [6.07, 6.45) is 2.21. The standard InChI is InChI=1S/C25H28N2O5/c28-23(27(15-24(29)30)14-17-11-12-17)10-5-13-26-25(31)32-16-22-20-8-3-1-6-18(20)19-7-2-4-9-21(19)22/h1-4,6-9,17,22H,5,10-16H2,(H,26,31)(H,29,30). The summed E-state index contributed by atoms with van der Waals surface area (Å²) in [7, 11) is 0. The van der Waals surface area contributed by atoms with Crippen molar-refractivity contribution < 1.29 is 24.2 Å². The van der Waals surface area contributed by atoms with Gasteiger partial charge in [-0.05, 0) is 47.4 Å². The molecule has 2 aliphatic carbocycles. The summed E-state index contributed by atoms with van der Waals surface area (Å²) < 4.78 is 5.48. The Balaban J connectivity index is 1.22. The summed E-state index contributed by atoms with van der Waals surface area (Å²) in [5.74, 6) is -0.761. The molecule has 0 atom stereocenters. The van der Waals surface area contributed by atoms with Gasteiger partial charge in [-0.3, -0.25) is 9.59 Å². The zero-order valence-corrected chi connectivity index (χ0v) is 18.0. The molecule has 1 fully saturated rings. The number of alkyl carbamates (subject to hydrolysis) is 1. The van der Waals surface area contributed by atoms with Crippen LogP contribution in [0.4, 0.5) is 4.79 Å². The van der Waals surface area contributed by atoms with Gasteiger partial charge in [0.05, 0.1) is 0 Å². The molecule has 7 heteroatoms. The second-order valence-electron chi connectivity index (χ2n) is 8.47. The van der Waals surface area contributed by atoms with Crippen LogP contribution in [0.15, 0.2) is 48.5 Å². The van der Waals surface area contributed by atoms with E-state index in [0.29, 0.717) is 25.4 Å². The van der Waals surface area contributed by atoms with Crippen molar-refractivity contribution in [3.8, 4) is 11.1 Å². The van der Waals surface area contributed by atoms with Crippen molar-refractivity contribution in [2.24, 2.45) is 5.92 Å². The van der Waals surface area contributed by atoms with E-state index in [4.69, 9.17) is 9.84 Å². The fourth-order valence-corrected chi connectivity index (χ4v) is 4.27. The Kier molecular flexibility index (Phi) is 6.73. The average molecular weight is 437 g/mol. The fraction of sp³-hybridized carbons (Fsp3) is 0.400. The monoisotopic (exact) mass is 436 g/mol. The Morgan fingerprint density at radius 2 is 1.62 bits per heavy atom. The third-order valence-electron chi connectivity index (χ3n) is 6.03. The van der Waals surface area contributed by atoms with Gasteiger partial charge < -0.3 is 20.1 Å². The molecule has 0 aliphatic heterocycles.